The van der Waals surface area contributed by atoms with Crippen LogP contribution >= 0.6 is 11.3 Å². The molecule has 0 spiro atoms. The topological polar surface area (TPSA) is 43.2 Å². The maximum atomic E-state index is 5.40. The van der Waals surface area contributed by atoms with E-state index in [0.29, 0.717) is 0 Å². The predicted octanol–water partition coefficient (Wildman–Crippen LogP) is 3.62. The van der Waals surface area contributed by atoms with Gasteiger partial charge in [0.15, 0.2) is 0 Å². The minimum atomic E-state index is 0.841. The zero-order valence-corrected chi connectivity index (χ0v) is 16.1. The summed E-state index contributed by atoms with van der Waals surface area (Å²) in [5, 5.41) is 5.88. The summed E-state index contributed by atoms with van der Waals surface area (Å²) in [6.45, 7) is 9.78. The number of aryl methyl sites for hydroxylation is 2. The van der Waals surface area contributed by atoms with Crippen LogP contribution in [0.5, 0.6) is 0 Å². The van der Waals surface area contributed by atoms with E-state index >= 15 is 0 Å². The first-order chi connectivity index (χ1) is 12.7. The van der Waals surface area contributed by atoms with Gasteiger partial charge in [-0.05, 0) is 31.5 Å². The van der Waals surface area contributed by atoms with E-state index in [2.05, 4.69) is 60.3 Å². The number of hydrogen-bond acceptors (Lipinski definition) is 5. The fraction of sp³-hybridized carbons (Fsp3) is 0.400. The number of thiazole rings is 1. The molecule has 4 rings (SSSR count). The highest BCUT2D eigenvalue weighted by Crippen LogP contribution is 2.32. The minimum absolute atomic E-state index is 0.841. The molecule has 0 radical (unpaired) electrons. The van der Waals surface area contributed by atoms with Crippen molar-refractivity contribution in [3.05, 3.63) is 47.2 Å². The van der Waals surface area contributed by atoms with Crippen molar-refractivity contribution in [2.75, 3.05) is 32.8 Å². The van der Waals surface area contributed by atoms with Crippen LogP contribution < -0.4 is 0 Å². The molecule has 0 atom stereocenters. The van der Waals surface area contributed by atoms with Gasteiger partial charge < -0.3 is 4.74 Å². The van der Waals surface area contributed by atoms with E-state index in [-0.39, 0.29) is 0 Å². The molecular formula is C20H24N4OS. The highest BCUT2D eigenvalue weighted by Gasteiger charge is 2.12. The molecule has 0 amide bonds. The maximum Gasteiger partial charge on any atom is 0.0923 e. The van der Waals surface area contributed by atoms with Gasteiger partial charge in [-0.2, -0.15) is 5.10 Å². The zero-order valence-electron chi connectivity index (χ0n) is 15.3. The number of hydrogen-bond donors (Lipinski definition) is 0. The molecule has 136 valence electrons. The average Bonchev–Trinajstić information content (AvgIpc) is 3.27. The molecule has 1 saturated heterocycles. The summed E-state index contributed by atoms with van der Waals surface area (Å²) < 4.78 is 7.44. The van der Waals surface area contributed by atoms with Crippen molar-refractivity contribution < 1.29 is 4.74 Å². The molecule has 2 aromatic heterocycles. The van der Waals surface area contributed by atoms with Crippen LogP contribution in [0.15, 0.2) is 36.5 Å². The van der Waals surface area contributed by atoms with Crippen LogP contribution in [0.25, 0.3) is 21.7 Å². The maximum absolute atomic E-state index is 5.40. The Morgan fingerprint density at radius 2 is 1.88 bits per heavy atom. The van der Waals surface area contributed by atoms with Crippen LogP contribution in [0, 0.1) is 13.8 Å². The Kier molecular flexibility index (Phi) is 5.15. The molecule has 1 aliphatic heterocycles. The normalized spacial score (nSPS) is 15.5. The lowest BCUT2D eigenvalue weighted by molar-refractivity contribution is 0.0360. The Hall–Kier alpha value is -2.02. The SMILES string of the molecule is Cc1nc(C)c(-c2cccc(-c3ccn(CCN4CCOCC4)n3)c2)s1. The summed E-state index contributed by atoms with van der Waals surface area (Å²) >= 11 is 1.75. The van der Waals surface area contributed by atoms with Crippen LogP contribution in [0.2, 0.25) is 0 Å². The van der Waals surface area contributed by atoms with Gasteiger partial charge in [-0.25, -0.2) is 4.98 Å². The molecule has 0 N–H and O–H groups in total. The van der Waals surface area contributed by atoms with E-state index in [1.807, 2.05) is 4.68 Å². The summed E-state index contributed by atoms with van der Waals surface area (Å²) in [4.78, 5) is 8.23. The minimum Gasteiger partial charge on any atom is -0.379 e. The highest BCUT2D eigenvalue weighted by molar-refractivity contribution is 7.15. The second-order valence-electron chi connectivity index (χ2n) is 6.65. The van der Waals surface area contributed by atoms with Gasteiger partial charge in [-0.3, -0.25) is 9.58 Å². The van der Waals surface area contributed by atoms with Crippen LogP contribution in [0.4, 0.5) is 0 Å². The summed E-state index contributed by atoms with van der Waals surface area (Å²) in [5.74, 6) is 0. The Balaban J connectivity index is 1.48. The predicted molar refractivity (Wildman–Crippen MR) is 106 cm³/mol. The molecule has 1 fully saturated rings. The van der Waals surface area contributed by atoms with Gasteiger partial charge in [0.05, 0.1) is 41.0 Å². The average molecular weight is 369 g/mol. The quantitative estimate of drug-likeness (QED) is 0.690. The Labute approximate surface area is 158 Å². The largest absolute Gasteiger partial charge is 0.379 e. The Morgan fingerprint density at radius 3 is 2.65 bits per heavy atom. The first-order valence-electron chi connectivity index (χ1n) is 9.07. The van der Waals surface area contributed by atoms with Crippen molar-refractivity contribution in [3.8, 4) is 21.7 Å². The van der Waals surface area contributed by atoms with Crippen molar-refractivity contribution >= 4 is 11.3 Å². The lowest BCUT2D eigenvalue weighted by atomic mass is 10.1. The second kappa shape index (κ2) is 7.70. The van der Waals surface area contributed by atoms with E-state index in [1.165, 1.54) is 10.4 Å². The Morgan fingerprint density at radius 1 is 1.08 bits per heavy atom. The number of rotatable bonds is 5. The van der Waals surface area contributed by atoms with Crippen LogP contribution in [0.3, 0.4) is 0 Å². The number of nitrogens with zero attached hydrogens (tertiary/aromatic N) is 4. The summed E-state index contributed by atoms with van der Waals surface area (Å²) in [6, 6.07) is 10.7. The fourth-order valence-electron chi connectivity index (χ4n) is 3.33. The molecule has 0 saturated carbocycles. The Bertz CT molecular complexity index is 880. The fourth-order valence-corrected chi connectivity index (χ4v) is 4.24. The monoisotopic (exact) mass is 368 g/mol. The van der Waals surface area contributed by atoms with Gasteiger partial charge in [-0.1, -0.05) is 18.2 Å². The van der Waals surface area contributed by atoms with Crippen LogP contribution in [0.1, 0.15) is 10.7 Å². The molecule has 3 heterocycles. The molecule has 26 heavy (non-hydrogen) atoms. The first kappa shape index (κ1) is 17.4. The lowest BCUT2D eigenvalue weighted by Crippen LogP contribution is -2.38. The molecule has 1 aromatic carbocycles. The van der Waals surface area contributed by atoms with E-state index in [9.17, 15) is 0 Å². The van der Waals surface area contributed by atoms with Gasteiger partial charge in [0, 0.05) is 31.4 Å². The van der Waals surface area contributed by atoms with Gasteiger partial charge >= 0.3 is 0 Å². The smallest absolute Gasteiger partial charge is 0.0923 e. The molecule has 5 nitrogen and oxygen atoms in total. The van der Waals surface area contributed by atoms with Gasteiger partial charge in [0.1, 0.15) is 0 Å². The number of ether oxygens (including phenoxy) is 1. The van der Waals surface area contributed by atoms with Crippen molar-refractivity contribution in [2.45, 2.75) is 20.4 Å². The second-order valence-corrected chi connectivity index (χ2v) is 7.85. The molecule has 0 aliphatic carbocycles. The van der Waals surface area contributed by atoms with Crippen molar-refractivity contribution in [3.63, 3.8) is 0 Å². The van der Waals surface area contributed by atoms with Crippen molar-refractivity contribution in [1.29, 1.82) is 0 Å². The molecule has 3 aromatic rings. The molecule has 6 heteroatoms. The third-order valence-electron chi connectivity index (χ3n) is 4.71. The number of morpholine rings is 1. The van der Waals surface area contributed by atoms with Crippen LogP contribution in [-0.4, -0.2) is 52.5 Å². The van der Waals surface area contributed by atoms with E-state index in [0.717, 1.165) is 61.4 Å². The zero-order chi connectivity index (χ0) is 17.9. The highest BCUT2D eigenvalue weighted by atomic mass is 32.1. The van der Waals surface area contributed by atoms with Gasteiger partial charge in [0.2, 0.25) is 0 Å². The van der Waals surface area contributed by atoms with Gasteiger partial charge in [-0.15, -0.1) is 11.3 Å². The first-order valence-corrected chi connectivity index (χ1v) is 9.89. The summed E-state index contributed by atoms with van der Waals surface area (Å²) in [6.07, 6.45) is 2.07. The molecule has 0 bridgehead atoms. The number of benzene rings is 1. The molecule has 0 unspecified atom stereocenters. The molecular weight excluding hydrogens is 344 g/mol. The third kappa shape index (κ3) is 3.87. The van der Waals surface area contributed by atoms with E-state index in [4.69, 9.17) is 9.84 Å². The van der Waals surface area contributed by atoms with E-state index < -0.39 is 0 Å². The number of aromatic nitrogens is 3. The van der Waals surface area contributed by atoms with Gasteiger partial charge in [0.25, 0.3) is 0 Å². The van der Waals surface area contributed by atoms with E-state index in [1.54, 1.807) is 11.3 Å². The lowest BCUT2D eigenvalue weighted by Gasteiger charge is -2.26. The summed E-state index contributed by atoms with van der Waals surface area (Å²) in [7, 11) is 0. The third-order valence-corrected chi connectivity index (χ3v) is 5.84. The molecule has 1 aliphatic rings. The van der Waals surface area contributed by atoms with Crippen molar-refractivity contribution in [2.24, 2.45) is 0 Å². The van der Waals surface area contributed by atoms with Crippen molar-refractivity contribution in [1.82, 2.24) is 19.7 Å². The summed E-state index contributed by atoms with van der Waals surface area (Å²) in [5.41, 5.74) is 4.49. The standard InChI is InChI=1S/C20H24N4OS/c1-15-20(26-16(2)21-15)18-5-3-4-17(14-18)19-6-7-24(22-19)9-8-23-10-12-25-13-11-23/h3-7,14H,8-13H2,1-2H3. The van der Waals surface area contributed by atoms with Crippen LogP contribution in [-0.2, 0) is 11.3 Å².